The summed E-state index contributed by atoms with van der Waals surface area (Å²) in [6.07, 6.45) is 6.93. The van der Waals surface area contributed by atoms with Crippen LogP contribution in [0.4, 0.5) is 0 Å². The molecule has 2 aliphatic carbocycles. The highest BCUT2D eigenvalue weighted by molar-refractivity contribution is 8.00. The van der Waals surface area contributed by atoms with Crippen LogP contribution in [0.2, 0.25) is 0 Å². The van der Waals surface area contributed by atoms with E-state index in [0.29, 0.717) is 11.2 Å². The van der Waals surface area contributed by atoms with Crippen molar-refractivity contribution in [2.24, 2.45) is 0 Å². The topological polar surface area (TPSA) is 49.4 Å². The van der Waals surface area contributed by atoms with Crippen molar-refractivity contribution >= 4 is 23.6 Å². The van der Waals surface area contributed by atoms with Crippen LogP contribution < -0.4 is 5.32 Å². The minimum Gasteiger partial charge on any atom is -0.304 e. The summed E-state index contributed by atoms with van der Waals surface area (Å²) in [4.78, 5) is 25.3. The fourth-order valence-electron chi connectivity index (χ4n) is 2.43. The Labute approximate surface area is 105 Å². The molecule has 5 heteroatoms. The molecule has 0 spiro atoms. The third kappa shape index (κ3) is 2.10. The minimum atomic E-state index is -0.257. The Hall–Kier alpha value is -0.550. The molecule has 3 fully saturated rings. The van der Waals surface area contributed by atoms with E-state index >= 15 is 0 Å². The van der Waals surface area contributed by atoms with Gasteiger partial charge in [0, 0.05) is 17.3 Å². The van der Waals surface area contributed by atoms with Gasteiger partial charge in [-0.05, 0) is 31.9 Å². The van der Waals surface area contributed by atoms with E-state index in [9.17, 15) is 9.59 Å². The molecule has 0 aromatic rings. The maximum Gasteiger partial charge on any atom is 0.247 e. The Morgan fingerprint density at radius 1 is 1.41 bits per heavy atom. The zero-order valence-corrected chi connectivity index (χ0v) is 10.9. The number of likely N-dealkylation sites (tertiary alicyclic amines) is 1. The van der Waals surface area contributed by atoms with Crippen LogP contribution in [0.5, 0.6) is 0 Å². The largest absolute Gasteiger partial charge is 0.304 e. The molecule has 1 atom stereocenters. The smallest absolute Gasteiger partial charge is 0.247 e. The number of amides is 2. The highest BCUT2D eigenvalue weighted by Crippen LogP contribution is 2.46. The van der Waals surface area contributed by atoms with E-state index in [1.165, 1.54) is 17.7 Å². The van der Waals surface area contributed by atoms with Gasteiger partial charge in [-0.15, -0.1) is 0 Å². The van der Waals surface area contributed by atoms with Crippen LogP contribution in [0.25, 0.3) is 0 Å². The number of nitrogens with one attached hydrogen (secondary N) is 1. The lowest BCUT2D eigenvalue weighted by molar-refractivity contribution is -0.139. The first-order valence-electron chi connectivity index (χ1n) is 6.30. The molecule has 1 aliphatic heterocycles. The zero-order chi connectivity index (χ0) is 12.0. The molecule has 17 heavy (non-hydrogen) atoms. The average molecular weight is 254 g/mol. The number of imide groups is 1. The van der Waals surface area contributed by atoms with Gasteiger partial charge in [-0.2, -0.15) is 11.8 Å². The first kappa shape index (κ1) is 11.5. The molecule has 1 heterocycles. The molecule has 3 rings (SSSR count). The predicted octanol–water partition coefficient (Wildman–Crippen LogP) is 0.761. The Morgan fingerprint density at radius 3 is 2.65 bits per heavy atom. The zero-order valence-electron chi connectivity index (χ0n) is 10.1. The SMILES string of the molecule is CSC1(CNC2CC(=O)N(C3CC3)C2=O)CC1. The molecule has 0 aromatic carbocycles. The highest BCUT2D eigenvalue weighted by atomic mass is 32.2. The number of hydrogen-bond acceptors (Lipinski definition) is 4. The predicted molar refractivity (Wildman–Crippen MR) is 66.8 cm³/mol. The van der Waals surface area contributed by atoms with Crippen LogP contribution in [-0.2, 0) is 9.59 Å². The van der Waals surface area contributed by atoms with E-state index < -0.39 is 0 Å². The number of rotatable bonds is 5. The fourth-order valence-corrected chi connectivity index (χ4v) is 3.17. The fraction of sp³-hybridized carbons (Fsp3) is 0.833. The number of carbonyl (C=O) groups excluding carboxylic acids is 2. The van der Waals surface area contributed by atoms with Gasteiger partial charge in [0.1, 0.15) is 0 Å². The van der Waals surface area contributed by atoms with Crippen molar-refractivity contribution in [3.05, 3.63) is 0 Å². The number of hydrogen-bond donors (Lipinski definition) is 1. The summed E-state index contributed by atoms with van der Waals surface area (Å²) in [5, 5.41) is 3.30. The van der Waals surface area contributed by atoms with Crippen LogP contribution in [0, 0.1) is 0 Å². The number of thioether (sulfide) groups is 1. The second kappa shape index (κ2) is 3.99. The summed E-state index contributed by atoms with van der Waals surface area (Å²) in [5.74, 6) is 0.0263. The van der Waals surface area contributed by atoms with Crippen molar-refractivity contribution in [1.29, 1.82) is 0 Å². The molecule has 0 radical (unpaired) electrons. The molecular formula is C12H18N2O2S. The lowest BCUT2D eigenvalue weighted by Crippen LogP contribution is -2.42. The van der Waals surface area contributed by atoms with E-state index in [1.54, 1.807) is 0 Å². The molecule has 1 saturated heterocycles. The van der Waals surface area contributed by atoms with Crippen LogP contribution in [0.3, 0.4) is 0 Å². The maximum atomic E-state index is 12.1. The number of nitrogens with zero attached hydrogens (tertiary/aromatic N) is 1. The molecule has 94 valence electrons. The van der Waals surface area contributed by atoms with E-state index in [2.05, 4.69) is 11.6 Å². The van der Waals surface area contributed by atoms with Crippen LogP contribution in [0.1, 0.15) is 32.1 Å². The Morgan fingerprint density at radius 2 is 2.12 bits per heavy atom. The van der Waals surface area contributed by atoms with Crippen molar-refractivity contribution in [2.75, 3.05) is 12.8 Å². The van der Waals surface area contributed by atoms with Crippen LogP contribution >= 0.6 is 11.8 Å². The third-order valence-electron chi connectivity index (χ3n) is 4.01. The summed E-state index contributed by atoms with van der Waals surface area (Å²) < 4.78 is 0.344. The van der Waals surface area contributed by atoms with E-state index in [0.717, 1.165) is 19.4 Å². The molecule has 2 amide bonds. The lowest BCUT2D eigenvalue weighted by Gasteiger charge is -2.17. The Kier molecular flexibility index (Phi) is 2.70. The highest BCUT2D eigenvalue weighted by Gasteiger charge is 2.48. The molecular weight excluding hydrogens is 236 g/mol. The average Bonchev–Trinajstić information content (AvgIpc) is 3.20. The van der Waals surface area contributed by atoms with Gasteiger partial charge in [-0.1, -0.05) is 0 Å². The summed E-state index contributed by atoms with van der Waals surface area (Å²) >= 11 is 1.87. The Bertz CT molecular complexity index is 364. The van der Waals surface area contributed by atoms with Gasteiger partial charge >= 0.3 is 0 Å². The van der Waals surface area contributed by atoms with Crippen molar-refractivity contribution in [3.63, 3.8) is 0 Å². The van der Waals surface area contributed by atoms with E-state index in [1.807, 2.05) is 11.8 Å². The molecule has 3 aliphatic rings. The first-order chi connectivity index (χ1) is 8.15. The van der Waals surface area contributed by atoms with Gasteiger partial charge in [0.15, 0.2) is 0 Å². The standard InChI is InChI=1S/C12H18N2O2S/c1-17-12(4-5-12)7-13-9-6-10(15)14(11(9)16)8-2-3-8/h8-9,13H,2-7H2,1H3. The molecule has 0 bridgehead atoms. The van der Waals surface area contributed by atoms with E-state index in [4.69, 9.17) is 0 Å². The van der Waals surface area contributed by atoms with Crippen molar-refractivity contribution in [2.45, 2.75) is 48.9 Å². The Balaban J connectivity index is 1.57. The number of carbonyl (C=O) groups is 2. The minimum absolute atomic E-state index is 0.00871. The monoisotopic (exact) mass is 254 g/mol. The lowest BCUT2D eigenvalue weighted by atomic mass is 10.2. The molecule has 4 nitrogen and oxygen atoms in total. The maximum absolute atomic E-state index is 12.1. The van der Waals surface area contributed by atoms with Crippen LogP contribution in [-0.4, -0.2) is 46.3 Å². The van der Waals surface area contributed by atoms with Crippen molar-refractivity contribution < 1.29 is 9.59 Å². The van der Waals surface area contributed by atoms with Gasteiger partial charge in [0.05, 0.1) is 12.5 Å². The second-order valence-corrected chi connectivity index (χ2v) is 6.63. The van der Waals surface area contributed by atoms with Gasteiger partial charge in [-0.25, -0.2) is 0 Å². The normalized spacial score (nSPS) is 31.1. The molecule has 0 aromatic heterocycles. The molecule has 2 saturated carbocycles. The van der Waals surface area contributed by atoms with Crippen LogP contribution in [0.15, 0.2) is 0 Å². The van der Waals surface area contributed by atoms with E-state index in [-0.39, 0.29) is 23.9 Å². The molecule has 1 N–H and O–H groups in total. The molecule has 1 unspecified atom stereocenters. The summed E-state index contributed by atoms with van der Waals surface area (Å²) in [6, 6.07) is -0.0371. The second-order valence-electron chi connectivity index (χ2n) is 5.36. The van der Waals surface area contributed by atoms with Gasteiger partial charge in [0.2, 0.25) is 11.8 Å². The van der Waals surface area contributed by atoms with Gasteiger partial charge in [0.25, 0.3) is 0 Å². The summed E-state index contributed by atoms with van der Waals surface area (Å²) in [6.45, 7) is 0.857. The first-order valence-corrected chi connectivity index (χ1v) is 7.52. The summed E-state index contributed by atoms with van der Waals surface area (Å²) in [5.41, 5.74) is 0. The quantitative estimate of drug-likeness (QED) is 0.736. The van der Waals surface area contributed by atoms with Crippen molar-refractivity contribution in [1.82, 2.24) is 10.2 Å². The van der Waals surface area contributed by atoms with Gasteiger partial charge in [-0.3, -0.25) is 14.5 Å². The third-order valence-corrected chi connectivity index (χ3v) is 5.42. The summed E-state index contributed by atoms with van der Waals surface area (Å²) in [7, 11) is 0. The van der Waals surface area contributed by atoms with Crippen molar-refractivity contribution in [3.8, 4) is 0 Å². The van der Waals surface area contributed by atoms with Gasteiger partial charge < -0.3 is 5.32 Å².